The topological polar surface area (TPSA) is 50.2 Å². The maximum absolute atomic E-state index is 10.8. The van der Waals surface area contributed by atoms with E-state index in [0.717, 1.165) is 17.7 Å². The van der Waals surface area contributed by atoms with Crippen LogP contribution in [-0.2, 0) is 17.6 Å². The van der Waals surface area contributed by atoms with Gasteiger partial charge in [0.15, 0.2) is 0 Å². The van der Waals surface area contributed by atoms with Gasteiger partial charge in [-0.3, -0.25) is 9.78 Å². The van der Waals surface area contributed by atoms with Crippen LogP contribution in [0, 0.1) is 5.92 Å². The number of rotatable bonds is 5. The predicted octanol–water partition coefficient (Wildman–Crippen LogP) is 2.94. The van der Waals surface area contributed by atoms with E-state index in [1.165, 1.54) is 5.56 Å². The highest BCUT2D eigenvalue weighted by Gasteiger charge is 2.11. The molecule has 1 atom stereocenters. The lowest BCUT2D eigenvalue weighted by Gasteiger charge is -2.07. The molecule has 0 aliphatic heterocycles. The zero-order valence-corrected chi connectivity index (χ0v) is 10.9. The van der Waals surface area contributed by atoms with Gasteiger partial charge in [0.2, 0.25) is 0 Å². The fraction of sp³-hybridized carbons (Fsp3) is 0.250. The van der Waals surface area contributed by atoms with Crippen molar-refractivity contribution in [3.05, 3.63) is 65.5 Å². The van der Waals surface area contributed by atoms with Crippen molar-refractivity contribution in [1.82, 2.24) is 4.98 Å². The first-order valence-corrected chi connectivity index (χ1v) is 6.35. The van der Waals surface area contributed by atoms with Crippen LogP contribution in [0.2, 0.25) is 0 Å². The van der Waals surface area contributed by atoms with E-state index < -0.39 is 5.97 Å². The van der Waals surface area contributed by atoms with E-state index in [2.05, 4.69) is 4.98 Å². The average molecular weight is 255 g/mol. The third-order valence-corrected chi connectivity index (χ3v) is 3.10. The maximum atomic E-state index is 10.8. The van der Waals surface area contributed by atoms with Crippen molar-refractivity contribution in [2.24, 2.45) is 5.92 Å². The van der Waals surface area contributed by atoms with E-state index in [-0.39, 0.29) is 5.92 Å². The molecule has 1 N–H and O–H groups in total. The van der Waals surface area contributed by atoms with Crippen molar-refractivity contribution >= 4 is 5.97 Å². The first-order chi connectivity index (χ1) is 9.15. The van der Waals surface area contributed by atoms with E-state index in [1.807, 2.05) is 42.5 Å². The quantitative estimate of drug-likeness (QED) is 0.893. The number of hydrogen-bond acceptors (Lipinski definition) is 2. The number of carboxylic acid groups (broad SMARTS) is 1. The van der Waals surface area contributed by atoms with Crippen LogP contribution in [0.3, 0.4) is 0 Å². The third-order valence-electron chi connectivity index (χ3n) is 3.10. The van der Waals surface area contributed by atoms with Gasteiger partial charge in [0.25, 0.3) is 0 Å². The second-order valence-electron chi connectivity index (χ2n) is 4.76. The average Bonchev–Trinajstić information content (AvgIpc) is 2.42. The number of aromatic nitrogens is 1. The Balaban J connectivity index is 2.01. The second kappa shape index (κ2) is 6.14. The van der Waals surface area contributed by atoms with E-state index in [9.17, 15) is 4.79 Å². The maximum Gasteiger partial charge on any atom is 0.306 e. The number of carboxylic acids is 1. The van der Waals surface area contributed by atoms with Gasteiger partial charge in [-0.1, -0.05) is 37.3 Å². The molecule has 98 valence electrons. The second-order valence-corrected chi connectivity index (χ2v) is 4.76. The Kier molecular flexibility index (Phi) is 4.29. The van der Waals surface area contributed by atoms with E-state index in [4.69, 9.17) is 5.11 Å². The monoisotopic (exact) mass is 255 g/mol. The third kappa shape index (κ3) is 3.91. The summed E-state index contributed by atoms with van der Waals surface area (Å²) < 4.78 is 0. The van der Waals surface area contributed by atoms with E-state index >= 15 is 0 Å². The van der Waals surface area contributed by atoms with Crippen molar-refractivity contribution in [3.8, 4) is 0 Å². The van der Waals surface area contributed by atoms with Crippen molar-refractivity contribution < 1.29 is 9.90 Å². The standard InChI is InChI=1S/C16H17NO2/c1-12(16(18)19)10-13-5-7-14(8-6-13)11-15-4-2-3-9-17-15/h2-9,12H,10-11H2,1H3,(H,18,19). The highest BCUT2D eigenvalue weighted by atomic mass is 16.4. The molecule has 3 heteroatoms. The van der Waals surface area contributed by atoms with Crippen LogP contribution >= 0.6 is 0 Å². The molecule has 0 fully saturated rings. The van der Waals surface area contributed by atoms with Crippen molar-refractivity contribution in [3.63, 3.8) is 0 Å². The van der Waals surface area contributed by atoms with Gasteiger partial charge in [-0.25, -0.2) is 0 Å². The lowest BCUT2D eigenvalue weighted by Crippen LogP contribution is -2.12. The van der Waals surface area contributed by atoms with Crippen LogP contribution in [0.15, 0.2) is 48.7 Å². The summed E-state index contributed by atoms with van der Waals surface area (Å²) in [5.41, 5.74) is 3.28. The summed E-state index contributed by atoms with van der Waals surface area (Å²) in [5, 5.41) is 8.88. The summed E-state index contributed by atoms with van der Waals surface area (Å²) in [4.78, 5) is 15.1. The molecule has 19 heavy (non-hydrogen) atoms. The van der Waals surface area contributed by atoms with E-state index in [1.54, 1.807) is 13.1 Å². The minimum Gasteiger partial charge on any atom is -0.481 e. The molecule has 1 heterocycles. The number of benzene rings is 1. The van der Waals surface area contributed by atoms with Crippen LogP contribution in [-0.4, -0.2) is 16.1 Å². The van der Waals surface area contributed by atoms with Crippen LogP contribution < -0.4 is 0 Å². The van der Waals surface area contributed by atoms with Gasteiger partial charge in [-0.2, -0.15) is 0 Å². The predicted molar refractivity (Wildman–Crippen MR) is 74.0 cm³/mol. The fourth-order valence-electron chi connectivity index (χ4n) is 1.95. The lowest BCUT2D eigenvalue weighted by molar-refractivity contribution is -0.141. The minimum absolute atomic E-state index is 0.346. The van der Waals surface area contributed by atoms with Gasteiger partial charge >= 0.3 is 5.97 Å². The molecule has 0 radical (unpaired) electrons. The summed E-state index contributed by atoms with van der Waals surface area (Å²) >= 11 is 0. The van der Waals surface area contributed by atoms with Crippen LogP contribution in [0.5, 0.6) is 0 Å². The van der Waals surface area contributed by atoms with Crippen LogP contribution in [0.25, 0.3) is 0 Å². The van der Waals surface area contributed by atoms with E-state index in [0.29, 0.717) is 6.42 Å². The molecule has 2 rings (SSSR count). The highest BCUT2D eigenvalue weighted by molar-refractivity contribution is 5.69. The van der Waals surface area contributed by atoms with Gasteiger partial charge in [-0.15, -0.1) is 0 Å². The number of pyridine rings is 1. The number of aliphatic carboxylic acids is 1. The molecule has 0 saturated heterocycles. The summed E-state index contributed by atoms with van der Waals surface area (Å²) in [7, 11) is 0. The molecule has 0 aliphatic carbocycles. The molecular formula is C16H17NO2. The lowest BCUT2D eigenvalue weighted by atomic mass is 9.99. The normalized spacial score (nSPS) is 12.1. The number of carbonyl (C=O) groups is 1. The summed E-state index contributed by atoms with van der Waals surface area (Å²) in [6, 6.07) is 14.0. The largest absolute Gasteiger partial charge is 0.481 e. The molecule has 0 saturated carbocycles. The summed E-state index contributed by atoms with van der Waals surface area (Å²) in [5.74, 6) is -1.10. The fourth-order valence-corrected chi connectivity index (χ4v) is 1.95. The Morgan fingerprint density at radius 2 is 1.84 bits per heavy atom. The number of hydrogen-bond donors (Lipinski definition) is 1. The Morgan fingerprint density at radius 3 is 2.42 bits per heavy atom. The molecule has 2 aromatic rings. The molecule has 3 nitrogen and oxygen atoms in total. The first kappa shape index (κ1) is 13.3. The molecule has 0 bridgehead atoms. The molecule has 1 unspecified atom stereocenters. The number of nitrogens with zero attached hydrogens (tertiary/aromatic N) is 1. The highest BCUT2D eigenvalue weighted by Crippen LogP contribution is 2.12. The zero-order chi connectivity index (χ0) is 13.7. The molecule has 0 spiro atoms. The van der Waals surface area contributed by atoms with Crippen LogP contribution in [0.4, 0.5) is 0 Å². The summed E-state index contributed by atoms with van der Waals surface area (Å²) in [6.45, 7) is 1.73. The molecular weight excluding hydrogens is 238 g/mol. The van der Waals surface area contributed by atoms with Crippen LogP contribution in [0.1, 0.15) is 23.7 Å². The van der Waals surface area contributed by atoms with Crippen molar-refractivity contribution in [2.45, 2.75) is 19.8 Å². The zero-order valence-electron chi connectivity index (χ0n) is 10.9. The molecule has 1 aromatic carbocycles. The van der Waals surface area contributed by atoms with Gasteiger partial charge in [-0.05, 0) is 29.7 Å². The Labute approximate surface area is 112 Å². The van der Waals surface area contributed by atoms with Gasteiger partial charge < -0.3 is 5.11 Å². The van der Waals surface area contributed by atoms with Gasteiger partial charge in [0.1, 0.15) is 0 Å². The molecule has 0 amide bonds. The van der Waals surface area contributed by atoms with Gasteiger partial charge in [0, 0.05) is 18.3 Å². The Morgan fingerprint density at radius 1 is 1.16 bits per heavy atom. The molecule has 1 aromatic heterocycles. The minimum atomic E-state index is -0.752. The Hall–Kier alpha value is -2.16. The van der Waals surface area contributed by atoms with Crippen molar-refractivity contribution in [1.29, 1.82) is 0 Å². The Bertz CT molecular complexity index is 534. The first-order valence-electron chi connectivity index (χ1n) is 6.35. The van der Waals surface area contributed by atoms with Crippen molar-refractivity contribution in [2.75, 3.05) is 0 Å². The molecule has 0 aliphatic rings. The smallest absolute Gasteiger partial charge is 0.306 e. The van der Waals surface area contributed by atoms with Gasteiger partial charge in [0.05, 0.1) is 5.92 Å². The summed E-state index contributed by atoms with van der Waals surface area (Å²) in [6.07, 6.45) is 3.16. The SMILES string of the molecule is CC(Cc1ccc(Cc2ccccn2)cc1)C(=O)O.